The molecular weight excluding hydrogens is 880 g/mol. The van der Waals surface area contributed by atoms with Crippen molar-refractivity contribution in [3.63, 3.8) is 0 Å². The van der Waals surface area contributed by atoms with E-state index in [2.05, 4.69) is 24.4 Å². The highest BCUT2D eigenvalue weighted by atomic mass is 19.4. The van der Waals surface area contributed by atoms with Gasteiger partial charge in [-0.1, -0.05) is 69.4 Å². The standard InChI is InChI=1S/C50H74F3NO13/c1-2-3-4-5-6-7-11-43-16-18-46(19-17-43)66-40-38-64-36-34-62-32-30-60-28-26-58-24-22-56-20-21-57-23-25-59-27-29-61-31-33-63-35-37-65-39-41-67-49(55)47-14-8-9-15-48(47)54-45-13-10-12-44(42-45)50(51,52)53/h8-10,12-19,42,54H,2-7,11,20-41H2,1H3. The number of esters is 1. The Labute approximate surface area is 395 Å². The molecule has 67 heavy (non-hydrogen) atoms. The normalized spacial score (nSPS) is 11.6. The van der Waals surface area contributed by atoms with Gasteiger partial charge in [-0.2, -0.15) is 13.2 Å². The molecule has 0 amide bonds. The molecule has 0 saturated heterocycles. The molecule has 3 aromatic rings. The van der Waals surface area contributed by atoms with Crippen LogP contribution < -0.4 is 10.1 Å². The molecule has 0 fully saturated rings. The lowest BCUT2D eigenvalue weighted by Gasteiger charge is -2.13. The molecule has 0 aliphatic rings. The van der Waals surface area contributed by atoms with E-state index in [-0.39, 0.29) is 24.5 Å². The molecule has 3 aromatic carbocycles. The summed E-state index contributed by atoms with van der Waals surface area (Å²) in [5.41, 5.74) is 1.27. The van der Waals surface area contributed by atoms with E-state index < -0.39 is 17.7 Å². The van der Waals surface area contributed by atoms with Crippen LogP contribution in [-0.2, 0) is 64.7 Å². The lowest BCUT2D eigenvalue weighted by molar-refractivity contribution is -0.137. The van der Waals surface area contributed by atoms with E-state index in [0.29, 0.717) is 138 Å². The van der Waals surface area contributed by atoms with Gasteiger partial charge in [-0.05, 0) is 60.9 Å². The Balaban J connectivity index is 0.962. The van der Waals surface area contributed by atoms with Gasteiger partial charge >= 0.3 is 12.1 Å². The van der Waals surface area contributed by atoms with Crippen molar-refractivity contribution in [2.45, 2.75) is 58.0 Å². The van der Waals surface area contributed by atoms with Crippen molar-refractivity contribution in [3.05, 3.63) is 89.5 Å². The van der Waals surface area contributed by atoms with Crippen LogP contribution in [0, 0.1) is 0 Å². The number of halogens is 3. The third-order valence-corrected chi connectivity index (χ3v) is 9.66. The molecule has 1 N–H and O–H groups in total. The van der Waals surface area contributed by atoms with Crippen LogP contribution in [0.3, 0.4) is 0 Å². The Morgan fingerprint density at radius 3 is 1.39 bits per heavy atom. The summed E-state index contributed by atoms with van der Waals surface area (Å²) in [7, 11) is 0. The smallest absolute Gasteiger partial charge is 0.416 e. The number of rotatable bonds is 44. The Hall–Kier alpha value is -3.88. The number of aryl methyl sites for hydroxylation is 1. The van der Waals surface area contributed by atoms with Gasteiger partial charge in [-0.3, -0.25) is 0 Å². The quantitative estimate of drug-likeness (QED) is 0.0427. The molecular formula is C50H74F3NO13. The zero-order chi connectivity index (χ0) is 47.7. The predicted molar refractivity (Wildman–Crippen MR) is 249 cm³/mol. The Morgan fingerprint density at radius 2 is 0.910 bits per heavy atom. The summed E-state index contributed by atoms with van der Waals surface area (Å²) < 4.78 is 105. The third-order valence-electron chi connectivity index (χ3n) is 9.66. The first kappa shape index (κ1) is 57.4. The minimum atomic E-state index is -4.48. The van der Waals surface area contributed by atoms with Gasteiger partial charge in [-0.25, -0.2) is 4.79 Å². The van der Waals surface area contributed by atoms with E-state index >= 15 is 0 Å². The Bertz CT molecular complexity index is 1640. The molecule has 0 radical (unpaired) electrons. The second-order valence-electron chi connectivity index (χ2n) is 15.0. The molecule has 0 unspecified atom stereocenters. The summed E-state index contributed by atoms with van der Waals surface area (Å²) in [6.45, 7) is 11.4. The zero-order valence-corrected chi connectivity index (χ0v) is 39.4. The summed E-state index contributed by atoms with van der Waals surface area (Å²) in [4.78, 5) is 12.6. The fraction of sp³-hybridized carbons (Fsp3) is 0.620. The SMILES string of the molecule is CCCCCCCCc1ccc(OCCOCCOCCOCCOCCOCCOCCOCCOCCOCCOCCOC(=O)c2ccccc2Nc2cccc(C(F)(F)F)c2)cc1. The van der Waals surface area contributed by atoms with E-state index in [4.69, 9.17) is 56.8 Å². The average Bonchev–Trinajstić information content (AvgIpc) is 3.33. The number of anilines is 2. The van der Waals surface area contributed by atoms with Gasteiger partial charge in [-0.15, -0.1) is 0 Å². The van der Waals surface area contributed by atoms with Gasteiger partial charge in [0.2, 0.25) is 0 Å². The topological polar surface area (TPSA) is 140 Å². The van der Waals surface area contributed by atoms with Crippen molar-refractivity contribution >= 4 is 17.3 Å². The van der Waals surface area contributed by atoms with Crippen LogP contribution in [0.5, 0.6) is 5.75 Å². The van der Waals surface area contributed by atoms with Gasteiger partial charge in [0.15, 0.2) is 0 Å². The number of nitrogens with one attached hydrogen (secondary N) is 1. The number of unbranched alkanes of at least 4 members (excludes halogenated alkanes) is 5. The van der Waals surface area contributed by atoms with E-state index in [0.717, 1.165) is 24.3 Å². The molecule has 0 spiro atoms. The number of benzene rings is 3. The van der Waals surface area contributed by atoms with Crippen molar-refractivity contribution in [1.29, 1.82) is 0 Å². The van der Waals surface area contributed by atoms with Crippen molar-refractivity contribution in [2.75, 3.05) is 151 Å². The zero-order valence-electron chi connectivity index (χ0n) is 39.4. The van der Waals surface area contributed by atoms with Crippen molar-refractivity contribution in [3.8, 4) is 5.75 Å². The highest BCUT2D eigenvalue weighted by Crippen LogP contribution is 2.32. The monoisotopic (exact) mass is 954 g/mol. The van der Waals surface area contributed by atoms with Crippen molar-refractivity contribution in [2.24, 2.45) is 0 Å². The number of para-hydroxylation sites is 1. The first-order valence-corrected chi connectivity index (χ1v) is 23.6. The Kier molecular flexibility index (Phi) is 33.4. The van der Waals surface area contributed by atoms with E-state index in [1.807, 2.05) is 12.1 Å². The predicted octanol–water partition coefficient (Wildman–Crippen LogP) is 8.75. The minimum Gasteiger partial charge on any atom is -0.491 e. The minimum absolute atomic E-state index is 0.00436. The summed E-state index contributed by atoms with van der Waals surface area (Å²) in [6, 6.07) is 19.5. The number of ether oxygens (including phenoxy) is 12. The highest BCUT2D eigenvalue weighted by molar-refractivity contribution is 5.96. The third kappa shape index (κ3) is 30.3. The lowest BCUT2D eigenvalue weighted by Crippen LogP contribution is -2.16. The lowest BCUT2D eigenvalue weighted by atomic mass is 10.0. The second kappa shape index (κ2) is 39.0. The van der Waals surface area contributed by atoms with Crippen LogP contribution in [0.2, 0.25) is 0 Å². The first-order chi connectivity index (χ1) is 32.9. The van der Waals surface area contributed by atoms with E-state index in [1.54, 1.807) is 18.2 Å². The van der Waals surface area contributed by atoms with Gasteiger partial charge < -0.3 is 62.2 Å². The Morgan fingerprint density at radius 1 is 0.478 bits per heavy atom. The van der Waals surface area contributed by atoms with E-state index in [9.17, 15) is 18.0 Å². The van der Waals surface area contributed by atoms with Crippen LogP contribution >= 0.6 is 0 Å². The van der Waals surface area contributed by atoms with Gasteiger partial charge in [0, 0.05) is 5.69 Å². The maximum Gasteiger partial charge on any atom is 0.416 e. The molecule has 0 aliphatic heterocycles. The van der Waals surface area contributed by atoms with E-state index in [1.165, 1.54) is 62.3 Å². The fourth-order valence-electron chi connectivity index (χ4n) is 6.13. The van der Waals surface area contributed by atoms with Gasteiger partial charge in [0.25, 0.3) is 0 Å². The maximum absolute atomic E-state index is 13.1. The van der Waals surface area contributed by atoms with Crippen LogP contribution in [0.4, 0.5) is 24.5 Å². The summed E-state index contributed by atoms with van der Waals surface area (Å²) >= 11 is 0. The van der Waals surface area contributed by atoms with Crippen LogP contribution in [0.25, 0.3) is 0 Å². The second-order valence-corrected chi connectivity index (χ2v) is 15.0. The molecule has 0 aliphatic carbocycles. The molecule has 0 atom stereocenters. The average molecular weight is 954 g/mol. The molecule has 0 bridgehead atoms. The van der Waals surface area contributed by atoms with Crippen LogP contribution in [0.15, 0.2) is 72.8 Å². The molecule has 0 saturated carbocycles. The number of alkyl halides is 3. The molecule has 3 rings (SSSR count). The summed E-state index contributed by atoms with van der Waals surface area (Å²) in [5.74, 6) is 0.241. The number of hydrogen-bond donors (Lipinski definition) is 1. The van der Waals surface area contributed by atoms with Crippen molar-refractivity contribution in [1.82, 2.24) is 0 Å². The molecule has 14 nitrogen and oxygen atoms in total. The highest BCUT2D eigenvalue weighted by Gasteiger charge is 2.30. The van der Waals surface area contributed by atoms with Gasteiger partial charge in [0.1, 0.15) is 19.0 Å². The number of hydrogen-bond acceptors (Lipinski definition) is 14. The first-order valence-electron chi connectivity index (χ1n) is 23.6. The maximum atomic E-state index is 13.1. The van der Waals surface area contributed by atoms with Crippen LogP contribution in [-0.4, -0.2) is 151 Å². The summed E-state index contributed by atoms with van der Waals surface area (Å²) in [6.07, 6.45) is 4.52. The van der Waals surface area contributed by atoms with Gasteiger partial charge in [0.05, 0.1) is 149 Å². The molecule has 17 heteroatoms. The fourth-order valence-corrected chi connectivity index (χ4v) is 6.13. The van der Waals surface area contributed by atoms with Crippen molar-refractivity contribution < 1.29 is 74.8 Å². The van der Waals surface area contributed by atoms with Crippen LogP contribution in [0.1, 0.15) is 66.9 Å². The molecule has 378 valence electrons. The molecule has 0 heterocycles. The number of carbonyl (C=O) groups excluding carboxylic acids is 1. The number of carbonyl (C=O) groups is 1. The molecule has 0 aromatic heterocycles. The summed E-state index contributed by atoms with van der Waals surface area (Å²) in [5, 5.41) is 2.86. The largest absolute Gasteiger partial charge is 0.491 e.